The summed E-state index contributed by atoms with van der Waals surface area (Å²) in [5.74, 6) is 2.41. The van der Waals surface area contributed by atoms with Crippen molar-refractivity contribution in [3.63, 3.8) is 0 Å². The van der Waals surface area contributed by atoms with Crippen LogP contribution >= 0.6 is 10.7 Å². The second-order valence-electron chi connectivity index (χ2n) is 9.39. The first-order chi connectivity index (χ1) is 19.4. The van der Waals surface area contributed by atoms with E-state index < -0.39 is 22.1 Å². The number of hydrogen-bond acceptors (Lipinski definition) is 9. The standard InChI is InChI=1S/C28H33N7O4S/c1-5-34-17-30-25-23(34)24(29-14-19-11-12-21(38-3)22(13-19)39-4)31-27(32-25)33-26(20-9-7-6-8-10-20)35-15-18(2)16-40(35)28(36)37/h6-13,16-18,26H,5,14-15H2,1-4H3,(H,36,37)(H2,29,31,32,33). The van der Waals surface area contributed by atoms with Gasteiger partial charge < -0.3 is 29.8 Å². The van der Waals surface area contributed by atoms with E-state index in [1.54, 1.807) is 20.5 Å². The number of aryl methyl sites for hydroxylation is 1. The third-order valence-corrected chi connectivity index (χ3v) is 8.60. The highest BCUT2D eigenvalue weighted by Gasteiger charge is 2.33. The SMILES string of the molecule is CCn1cnc2nc(NC(c3ccccc3)N3CC(C)C=S3C(=O)O)nc(NCc3ccc(OC)c(OC)c3)c21. The van der Waals surface area contributed by atoms with Crippen LogP contribution in [0.5, 0.6) is 11.5 Å². The fourth-order valence-corrected chi connectivity index (χ4v) is 6.54. The predicted molar refractivity (Wildman–Crippen MR) is 158 cm³/mol. The van der Waals surface area contributed by atoms with E-state index >= 15 is 0 Å². The summed E-state index contributed by atoms with van der Waals surface area (Å²) in [7, 11) is 2.15. The first kappa shape index (κ1) is 27.4. The zero-order valence-electron chi connectivity index (χ0n) is 22.9. The number of carbonyl (C=O) groups is 1. The molecule has 11 nitrogen and oxygen atoms in total. The van der Waals surface area contributed by atoms with Gasteiger partial charge in [-0.25, -0.2) is 14.1 Å². The Labute approximate surface area is 235 Å². The Morgan fingerprint density at radius 1 is 1.15 bits per heavy atom. The quantitative estimate of drug-likeness (QED) is 0.222. The second-order valence-corrected chi connectivity index (χ2v) is 11.1. The molecule has 0 bridgehead atoms. The summed E-state index contributed by atoms with van der Waals surface area (Å²) >= 11 is 0. The van der Waals surface area contributed by atoms with Crippen LogP contribution in [0.25, 0.3) is 11.2 Å². The molecule has 3 atom stereocenters. The number of hydrogen-bond donors (Lipinski definition) is 3. The van der Waals surface area contributed by atoms with Gasteiger partial charge in [0, 0.05) is 19.6 Å². The number of aromatic nitrogens is 4. The molecule has 1 aliphatic heterocycles. The molecule has 2 aromatic heterocycles. The van der Waals surface area contributed by atoms with Crippen LogP contribution in [0, 0.1) is 5.92 Å². The van der Waals surface area contributed by atoms with Crippen LogP contribution in [0.15, 0.2) is 54.9 Å². The zero-order chi connectivity index (χ0) is 28.2. The number of nitrogens with one attached hydrogen (secondary N) is 2. The molecule has 0 fully saturated rings. The van der Waals surface area contributed by atoms with Crippen molar-refractivity contribution >= 4 is 44.3 Å². The number of nitrogens with zero attached hydrogens (tertiary/aromatic N) is 5. The van der Waals surface area contributed by atoms with Crippen molar-refractivity contribution < 1.29 is 19.4 Å². The summed E-state index contributed by atoms with van der Waals surface area (Å²) < 4.78 is 14.8. The summed E-state index contributed by atoms with van der Waals surface area (Å²) in [4.78, 5) is 26.3. The molecule has 40 heavy (non-hydrogen) atoms. The van der Waals surface area contributed by atoms with E-state index in [9.17, 15) is 9.90 Å². The van der Waals surface area contributed by atoms with Crippen molar-refractivity contribution in [2.75, 3.05) is 31.4 Å². The lowest BCUT2D eigenvalue weighted by Gasteiger charge is -2.30. The molecule has 0 saturated carbocycles. The normalized spacial score (nSPS) is 17.8. The van der Waals surface area contributed by atoms with Crippen molar-refractivity contribution in [3.8, 4) is 11.5 Å². The highest BCUT2D eigenvalue weighted by molar-refractivity contribution is 8.25. The van der Waals surface area contributed by atoms with Crippen molar-refractivity contribution in [2.24, 2.45) is 5.92 Å². The van der Waals surface area contributed by atoms with Gasteiger partial charge in [-0.2, -0.15) is 9.97 Å². The lowest BCUT2D eigenvalue weighted by Crippen LogP contribution is -2.31. The highest BCUT2D eigenvalue weighted by atomic mass is 32.2. The third kappa shape index (κ3) is 5.58. The van der Waals surface area contributed by atoms with Crippen molar-refractivity contribution in [1.82, 2.24) is 23.8 Å². The Kier molecular flexibility index (Phi) is 8.17. The molecular weight excluding hydrogens is 530 g/mol. The topological polar surface area (TPSA) is 127 Å². The van der Waals surface area contributed by atoms with Gasteiger partial charge in [0.25, 0.3) is 0 Å². The van der Waals surface area contributed by atoms with Crippen LogP contribution < -0.4 is 20.1 Å². The van der Waals surface area contributed by atoms with Gasteiger partial charge in [-0.1, -0.05) is 43.3 Å². The van der Waals surface area contributed by atoms with Crippen LogP contribution in [0.1, 0.15) is 31.1 Å². The molecule has 2 aromatic carbocycles. The number of ether oxygens (including phenoxy) is 2. The van der Waals surface area contributed by atoms with E-state index in [0.29, 0.717) is 48.5 Å². The second kappa shape index (κ2) is 11.9. The van der Waals surface area contributed by atoms with E-state index in [-0.39, 0.29) is 5.92 Å². The summed E-state index contributed by atoms with van der Waals surface area (Å²) in [6.45, 7) is 5.84. The van der Waals surface area contributed by atoms with Gasteiger partial charge in [-0.15, -0.1) is 0 Å². The third-order valence-electron chi connectivity index (χ3n) is 6.65. The summed E-state index contributed by atoms with van der Waals surface area (Å²) in [6, 6.07) is 15.5. The fourth-order valence-electron chi connectivity index (χ4n) is 4.75. The van der Waals surface area contributed by atoms with Gasteiger partial charge in [0.15, 0.2) is 23.0 Å². The average molecular weight is 564 g/mol. The molecule has 3 N–H and O–H groups in total. The Balaban J connectivity index is 1.51. The van der Waals surface area contributed by atoms with E-state index in [4.69, 9.17) is 19.4 Å². The lowest BCUT2D eigenvalue weighted by molar-refractivity contribution is 0.220. The van der Waals surface area contributed by atoms with Crippen molar-refractivity contribution in [3.05, 3.63) is 66.0 Å². The van der Waals surface area contributed by atoms with Gasteiger partial charge in [0.1, 0.15) is 11.7 Å². The molecular formula is C28H33N7O4S. The largest absolute Gasteiger partial charge is 0.493 e. The molecule has 0 radical (unpaired) electrons. The van der Waals surface area contributed by atoms with Crippen molar-refractivity contribution in [1.29, 1.82) is 0 Å². The maximum Gasteiger partial charge on any atom is 0.372 e. The minimum absolute atomic E-state index is 0.134. The fraction of sp³-hybridized carbons (Fsp3) is 0.321. The lowest BCUT2D eigenvalue weighted by atomic mass is 10.1. The molecule has 0 aliphatic carbocycles. The van der Waals surface area contributed by atoms with Gasteiger partial charge in [-0.3, -0.25) is 0 Å². The molecule has 1 aliphatic rings. The smallest absolute Gasteiger partial charge is 0.372 e. The number of imidazole rings is 1. The molecule has 3 heterocycles. The summed E-state index contributed by atoms with van der Waals surface area (Å²) in [5, 5.41) is 17.9. The number of anilines is 2. The van der Waals surface area contributed by atoms with E-state index in [1.807, 2.05) is 76.6 Å². The number of carboxylic acid groups (broad SMARTS) is 1. The average Bonchev–Trinajstić information content (AvgIpc) is 3.58. The van der Waals surface area contributed by atoms with Gasteiger partial charge in [0.05, 0.1) is 20.5 Å². The molecule has 12 heteroatoms. The van der Waals surface area contributed by atoms with E-state index in [2.05, 4.69) is 15.6 Å². The Morgan fingerprint density at radius 3 is 2.62 bits per heavy atom. The molecule has 0 spiro atoms. The van der Waals surface area contributed by atoms with Gasteiger partial charge in [0.2, 0.25) is 5.95 Å². The van der Waals surface area contributed by atoms with Gasteiger partial charge in [-0.05, 0) is 52.1 Å². The first-order valence-electron chi connectivity index (χ1n) is 13.0. The molecule has 3 unspecified atom stereocenters. The Bertz CT molecular complexity index is 1540. The monoisotopic (exact) mass is 563 g/mol. The predicted octanol–water partition coefficient (Wildman–Crippen LogP) is 5.20. The van der Waals surface area contributed by atoms with Crippen LogP contribution in [0.4, 0.5) is 16.6 Å². The highest BCUT2D eigenvalue weighted by Crippen LogP contribution is 2.38. The van der Waals surface area contributed by atoms with Crippen LogP contribution in [0.2, 0.25) is 0 Å². The minimum Gasteiger partial charge on any atom is -0.493 e. The first-order valence-corrected chi connectivity index (χ1v) is 14.2. The van der Waals surface area contributed by atoms with E-state index in [1.165, 1.54) is 0 Å². The van der Waals surface area contributed by atoms with Gasteiger partial charge >= 0.3 is 5.30 Å². The maximum absolute atomic E-state index is 12.2. The molecule has 0 saturated heterocycles. The Morgan fingerprint density at radius 2 is 1.93 bits per heavy atom. The van der Waals surface area contributed by atoms with Crippen molar-refractivity contribution in [2.45, 2.75) is 33.1 Å². The number of fused-ring (bicyclic) bond motifs is 1. The molecule has 5 rings (SSSR count). The summed E-state index contributed by atoms with van der Waals surface area (Å²) in [5.41, 5.74) is 3.24. The molecule has 210 valence electrons. The van der Waals surface area contributed by atoms with E-state index in [0.717, 1.165) is 16.6 Å². The number of methoxy groups -OCH3 is 2. The maximum atomic E-state index is 12.2. The van der Waals surface area contributed by atoms with Crippen LogP contribution in [0.3, 0.4) is 0 Å². The number of benzene rings is 2. The van der Waals surface area contributed by atoms with Crippen LogP contribution in [-0.2, 0) is 13.1 Å². The zero-order valence-corrected chi connectivity index (χ0v) is 23.7. The number of rotatable bonds is 10. The Hall–Kier alpha value is -4.16. The minimum atomic E-state index is -1.07. The molecule has 0 amide bonds. The van der Waals surface area contributed by atoms with Crippen LogP contribution in [-0.4, -0.2) is 60.4 Å². The molecule has 4 aromatic rings. The summed E-state index contributed by atoms with van der Waals surface area (Å²) in [6.07, 6.45) is 1.30.